The van der Waals surface area contributed by atoms with Crippen LogP contribution in [0.3, 0.4) is 0 Å². The number of aliphatic imine (C=N–C) groups is 1. The van der Waals surface area contributed by atoms with Crippen molar-refractivity contribution in [1.82, 2.24) is 10.0 Å². The van der Waals surface area contributed by atoms with Gasteiger partial charge in [-0.05, 0) is 90.3 Å². The van der Waals surface area contributed by atoms with E-state index in [2.05, 4.69) is 33.2 Å². The van der Waals surface area contributed by atoms with E-state index in [1.165, 1.54) is 0 Å². The van der Waals surface area contributed by atoms with Crippen molar-refractivity contribution in [3.8, 4) is 0 Å². The van der Waals surface area contributed by atoms with Crippen LogP contribution in [0.1, 0.15) is 109 Å². The SMILES string of the molecule is CCN(CCNS(C)(=O)=O)c1ccc(N=C2C=C/C(=N/S(=O)(=O)c3c(C(C)C)cc(C(C)C)cc3C(C)C)C=C2NC(=O)C(C)(C)C)cc1C. The maximum absolute atomic E-state index is 14.2. The summed E-state index contributed by atoms with van der Waals surface area (Å²) in [5, 5.41) is 2.95. The van der Waals surface area contributed by atoms with Crippen LogP contribution in [0.2, 0.25) is 0 Å². The number of hydrogen-bond acceptors (Lipinski definition) is 7. The van der Waals surface area contributed by atoms with E-state index in [-0.39, 0.29) is 40.8 Å². The summed E-state index contributed by atoms with van der Waals surface area (Å²) in [4.78, 5) is 20.3. The largest absolute Gasteiger partial charge is 0.370 e. The molecule has 10 nitrogen and oxygen atoms in total. The summed E-state index contributed by atoms with van der Waals surface area (Å²) in [6.45, 7) is 23.0. The highest BCUT2D eigenvalue weighted by Crippen LogP contribution is 2.36. The van der Waals surface area contributed by atoms with Crippen LogP contribution < -0.4 is 14.9 Å². The molecule has 0 heterocycles. The maximum Gasteiger partial charge on any atom is 0.283 e. The molecule has 2 N–H and O–H groups in total. The molecule has 2 aromatic rings. The predicted octanol–water partition coefficient (Wildman–Crippen LogP) is 7.26. The molecule has 0 aromatic heterocycles. The number of nitrogens with one attached hydrogen (secondary N) is 2. The first kappa shape index (κ1) is 40.8. The second kappa shape index (κ2) is 16.2. The smallest absolute Gasteiger partial charge is 0.283 e. The number of carbonyl (C=O) groups excluding carboxylic acids is 1. The van der Waals surface area contributed by atoms with Crippen molar-refractivity contribution in [2.45, 2.75) is 98.8 Å². The number of amides is 1. The number of sulfonamides is 2. The van der Waals surface area contributed by atoms with E-state index in [1.54, 1.807) is 39.0 Å². The molecule has 0 saturated heterocycles. The van der Waals surface area contributed by atoms with Crippen LogP contribution in [0.25, 0.3) is 0 Å². The Bertz CT molecular complexity index is 1900. The number of allylic oxidation sites excluding steroid dienone is 3. The van der Waals surface area contributed by atoms with Crippen molar-refractivity contribution in [1.29, 1.82) is 0 Å². The Morgan fingerprint density at radius 3 is 1.98 bits per heavy atom. The Morgan fingerprint density at radius 1 is 0.900 bits per heavy atom. The average molecular weight is 726 g/mol. The third-order valence-electron chi connectivity index (χ3n) is 8.37. The lowest BCUT2D eigenvalue weighted by molar-refractivity contribution is -0.127. The van der Waals surface area contributed by atoms with Gasteiger partial charge < -0.3 is 10.2 Å². The van der Waals surface area contributed by atoms with Crippen LogP contribution in [0.5, 0.6) is 0 Å². The number of nitrogens with zero attached hydrogens (tertiary/aromatic N) is 3. The van der Waals surface area contributed by atoms with E-state index in [0.717, 1.165) is 34.2 Å². The lowest BCUT2D eigenvalue weighted by Crippen LogP contribution is -2.37. The first-order chi connectivity index (χ1) is 23.0. The topological polar surface area (TPSA) is 137 Å². The normalized spacial score (nSPS) is 15.8. The summed E-state index contributed by atoms with van der Waals surface area (Å²) in [5.74, 6) is -0.108. The van der Waals surface area contributed by atoms with Gasteiger partial charge in [-0.2, -0.15) is 12.8 Å². The van der Waals surface area contributed by atoms with Crippen LogP contribution in [0, 0.1) is 12.3 Å². The lowest BCUT2D eigenvalue weighted by Gasteiger charge is -2.25. The number of likely N-dealkylation sites (N-methyl/N-ethyl adjacent to an activating group) is 1. The van der Waals surface area contributed by atoms with Gasteiger partial charge in [-0.1, -0.05) is 74.4 Å². The minimum Gasteiger partial charge on any atom is -0.370 e. The first-order valence-corrected chi connectivity index (χ1v) is 20.5. The summed E-state index contributed by atoms with van der Waals surface area (Å²) < 4.78 is 58.2. The Balaban J connectivity index is 2.10. The van der Waals surface area contributed by atoms with Gasteiger partial charge in [-0.3, -0.25) is 4.79 Å². The molecular formula is C38H55N5O5S2. The fraction of sp³-hybridized carbons (Fsp3) is 0.500. The molecule has 12 heteroatoms. The van der Waals surface area contributed by atoms with Gasteiger partial charge in [0, 0.05) is 30.7 Å². The van der Waals surface area contributed by atoms with Crippen LogP contribution in [0.4, 0.5) is 11.4 Å². The highest BCUT2D eigenvalue weighted by molar-refractivity contribution is 7.90. The summed E-state index contributed by atoms with van der Waals surface area (Å²) in [5.41, 5.74) is 5.33. The maximum atomic E-state index is 14.2. The Kier molecular flexibility index (Phi) is 13.2. The van der Waals surface area contributed by atoms with Crippen molar-refractivity contribution in [3.05, 3.63) is 76.5 Å². The quantitative estimate of drug-likeness (QED) is 0.209. The Morgan fingerprint density at radius 2 is 1.50 bits per heavy atom. The molecule has 0 atom stereocenters. The highest BCUT2D eigenvalue weighted by Gasteiger charge is 2.28. The molecule has 0 aliphatic heterocycles. The van der Waals surface area contributed by atoms with E-state index in [4.69, 9.17) is 4.99 Å². The standard InChI is InChI=1S/C38H55N5O5S2/c1-13-43(19-18-39-49(12,45)46)35-17-15-29(20-27(35)8)40-33-16-14-30(23-34(33)41-37(44)38(9,10)11)42-50(47,48)36-31(25(4)5)21-28(24(2)3)22-32(36)26(6)7/h14-17,20-26,39H,13,18-19H2,1-12H3,(H,41,44)/b40-33?,42-30-. The minimum atomic E-state index is -4.15. The molecule has 0 spiro atoms. The molecule has 0 radical (unpaired) electrons. The molecular weight excluding hydrogens is 671 g/mol. The summed E-state index contributed by atoms with van der Waals surface area (Å²) in [7, 11) is -7.44. The van der Waals surface area contributed by atoms with Crippen molar-refractivity contribution in [2.75, 3.05) is 30.8 Å². The molecule has 1 aliphatic rings. The molecule has 1 aliphatic carbocycles. The summed E-state index contributed by atoms with van der Waals surface area (Å²) >= 11 is 0. The molecule has 50 heavy (non-hydrogen) atoms. The number of rotatable bonds is 13. The lowest BCUT2D eigenvalue weighted by atomic mass is 9.89. The van der Waals surface area contributed by atoms with Gasteiger partial charge in [0.1, 0.15) is 0 Å². The zero-order valence-electron chi connectivity index (χ0n) is 31.7. The van der Waals surface area contributed by atoms with E-state index in [9.17, 15) is 21.6 Å². The molecule has 1 amide bonds. The summed E-state index contributed by atoms with van der Waals surface area (Å²) in [6, 6.07) is 9.68. The fourth-order valence-corrected chi connectivity index (χ4v) is 7.61. The second-order valence-corrected chi connectivity index (χ2v) is 18.2. The zero-order valence-corrected chi connectivity index (χ0v) is 33.3. The molecule has 0 unspecified atom stereocenters. The van der Waals surface area contributed by atoms with Gasteiger partial charge in [0.25, 0.3) is 10.0 Å². The average Bonchev–Trinajstić information content (AvgIpc) is 2.99. The third-order valence-corrected chi connectivity index (χ3v) is 10.5. The van der Waals surface area contributed by atoms with Gasteiger partial charge in [-0.15, -0.1) is 0 Å². The van der Waals surface area contributed by atoms with E-state index >= 15 is 0 Å². The highest BCUT2D eigenvalue weighted by atomic mass is 32.2. The van der Waals surface area contributed by atoms with Crippen LogP contribution in [-0.4, -0.2) is 60.1 Å². The molecule has 274 valence electrons. The van der Waals surface area contributed by atoms with Crippen molar-refractivity contribution in [2.24, 2.45) is 14.8 Å². The van der Waals surface area contributed by atoms with Crippen molar-refractivity contribution >= 4 is 48.8 Å². The number of aryl methyl sites for hydroxylation is 1. The third kappa shape index (κ3) is 10.7. The molecule has 2 aromatic carbocycles. The van der Waals surface area contributed by atoms with Crippen molar-refractivity contribution < 1.29 is 21.6 Å². The van der Waals surface area contributed by atoms with Crippen LogP contribution in [-0.2, 0) is 24.8 Å². The van der Waals surface area contributed by atoms with Crippen molar-refractivity contribution in [3.63, 3.8) is 0 Å². The van der Waals surface area contributed by atoms with E-state index in [0.29, 0.717) is 30.2 Å². The molecule has 3 rings (SSSR count). The van der Waals surface area contributed by atoms with Gasteiger partial charge in [0.05, 0.1) is 34.0 Å². The fourth-order valence-electron chi connectivity index (χ4n) is 5.48. The van der Waals surface area contributed by atoms with Gasteiger partial charge in [-0.25, -0.2) is 18.1 Å². The van der Waals surface area contributed by atoms with E-state index in [1.807, 2.05) is 71.9 Å². The van der Waals surface area contributed by atoms with E-state index < -0.39 is 25.5 Å². The first-order valence-electron chi connectivity index (χ1n) is 17.2. The monoisotopic (exact) mass is 725 g/mol. The number of carbonyl (C=O) groups is 1. The minimum absolute atomic E-state index is 0.0441. The Labute approximate surface area is 300 Å². The molecule has 0 fully saturated rings. The number of hydrogen-bond donors (Lipinski definition) is 2. The van der Waals surface area contributed by atoms with Gasteiger partial charge >= 0.3 is 0 Å². The van der Waals surface area contributed by atoms with Crippen LogP contribution >= 0.6 is 0 Å². The number of anilines is 1. The molecule has 0 bridgehead atoms. The van der Waals surface area contributed by atoms with Gasteiger partial charge in [0.15, 0.2) is 0 Å². The summed E-state index contributed by atoms with van der Waals surface area (Å²) in [6.07, 6.45) is 5.96. The van der Waals surface area contributed by atoms with Crippen LogP contribution in [0.15, 0.2) is 68.5 Å². The zero-order chi connectivity index (χ0) is 37.8. The predicted molar refractivity (Wildman–Crippen MR) is 207 cm³/mol. The Hall–Kier alpha value is -3.61. The number of benzene rings is 2. The molecule has 0 saturated carbocycles. The van der Waals surface area contributed by atoms with Gasteiger partial charge in [0.2, 0.25) is 15.9 Å². The second-order valence-electron chi connectivity index (χ2n) is 14.8.